The molecule has 0 N–H and O–H groups in total. The summed E-state index contributed by atoms with van der Waals surface area (Å²) in [5.41, 5.74) is 1.35. The van der Waals surface area contributed by atoms with Crippen LogP contribution in [0, 0.1) is 17.5 Å². The first-order valence-electron chi connectivity index (χ1n) is 8.93. The molecule has 3 rings (SSSR count). The fraction of sp³-hybridized carbons (Fsp3) is 0.333. The molecule has 0 amide bonds. The third-order valence-corrected chi connectivity index (χ3v) is 4.72. The number of fused-ring (bicyclic) bond motifs is 1. The largest absolute Gasteiger partial charge is 0.573 e. The van der Waals surface area contributed by atoms with Crippen LogP contribution in [-0.2, 0) is 12.8 Å². The number of ether oxygens (including phenoxy) is 1. The second-order valence-electron chi connectivity index (χ2n) is 6.72. The smallest absolute Gasteiger partial charge is 0.403 e. The van der Waals surface area contributed by atoms with E-state index < -0.39 is 35.1 Å². The van der Waals surface area contributed by atoms with Crippen molar-refractivity contribution in [2.75, 3.05) is 0 Å². The Morgan fingerprint density at radius 2 is 1.79 bits per heavy atom. The van der Waals surface area contributed by atoms with Crippen molar-refractivity contribution >= 4 is 0 Å². The Morgan fingerprint density at radius 3 is 2.43 bits per heavy atom. The standard InChI is InChI=1S/C21H18F6O/c1-2-3-4-12-5-7-15-14(9-12)11-17(23)19(20(15)24)13-6-8-18(16(22)10-13)28-21(25,26)27/h5-6,8,10-11H,2-4,7,9H2,1H3. The number of unbranched alkanes of at least 4 members (excludes halogenated alkanes) is 1. The van der Waals surface area contributed by atoms with Crippen molar-refractivity contribution in [1.82, 2.24) is 0 Å². The van der Waals surface area contributed by atoms with Gasteiger partial charge in [0.25, 0.3) is 0 Å². The highest BCUT2D eigenvalue weighted by molar-refractivity contribution is 5.68. The zero-order valence-corrected chi connectivity index (χ0v) is 15.1. The van der Waals surface area contributed by atoms with Gasteiger partial charge in [-0.25, -0.2) is 13.2 Å². The lowest BCUT2D eigenvalue weighted by molar-refractivity contribution is -0.275. The van der Waals surface area contributed by atoms with E-state index in [1.807, 2.05) is 6.08 Å². The van der Waals surface area contributed by atoms with Gasteiger partial charge in [0, 0.05) is 0 Å². The van der Waals surface area contributed by atoms with Crippen molar-refractivity contribution in [1.29, 1.82) is 0 Å². The molecule has 0 bridgehead atoms. The summed E-state index contributed by atoms with van der Waals surface area (Å²) in [5.74, 6) is -4.10. The quantitative estimate of drug-likeness (QED) is 0.392. The Kier molecular flexibility index (Phi) is 5.72. The van der Waals surface area contributed by atoms with E-state index in [9.17, 15) is 26.3 Å². The minimum absolute atomic E-state index is 0.189. The molecule has 2 aromatic rings. The maximum atomic E-state index is 15.0. The lowest BCUT2D eigenvalue weighted by Gasteiger charge is -2.20. The van der Waals surface area contributed by atoms with Gasteiger partial charge in [-0.3, -0.25) is 0 Å². The summed E-state index contributed by atoms with van der Waals surface area (Å²) in [7, 11) is 0. The monoisotopic (exact) mass is 400 g/mol. The Bertz CT molecular complexity index is 914. The van der Waals surface area contributed by atoms with E-state index in [2.05, 4.69) is 11.7 Å². The summed E-state index contributed by atoms with van der Waals surface area (Å²) in [5, 5.41) is 0. The molecule has 2 aromatic carbocycles. The van der Waals surface area contributed by atoms with E-state index in [1.54, 1.807) is 0 Å². The molecular formula is C21H18F6O. The van der Waals surface area contributed by atoms with Gasteiger partial charge in [0.2, 0.25) is 0 Å². The zero-order valence-electron chi connectivity index (χ0n) is 15.1. The first kappa shape index (κ1) is 20.3. The van der Waals surface area contributed by atoms with Gasteiger partial charge in [-0.05, 0) is 60.6 Å². The molecule has 0 unspecified atom stereocenters. The topological polar surface area (TPSA) is 9.23 Å². The first-order chi connectivity index (χ1) is 13.2. The van der Waals surface area contributed by atoms with Gasteiger partial charge >= 0.3 is 6.36 Å². The molecule has 1 aliphatic rings. The number of benzene rings is 2. The number of hydrogen-bond acceptors (Lipinski definition) is 1. The molecule has 0 heterocycles. The minimum atomic E-state index is -5.06. The predicted molar refractivity (Wildman–Crippen MR) is 93.5 cm³/mol. The van der Waals surface area contributed by atoms with Crippen molar-refractivity contribution in [3.05, 3.63) is 64.5 Å². The third kappa shape index (κ3) is 4.34. The molecule has 0 saturated carbocycles. The number of hydrogen-bond donors (Lipinski definition) is 0. The van der Waals surface area contributed by atoms with Crippen LogP contribution in [0.3, 0.4) is 0 Å². The molecule has 0 fully saturated rings. The van der Waals surface area contributed by atoms with Crippen molar-refractivity contribution in [3.63, 3.8) is 0 Å². The average molecular weight is 400 g/mol. The highest BCUT2D eigenvalue weighted by Crippen LogP contribution is 2.36. The molecule has 0 saturated heterocycles. The summed E-state index contributed by atoms with van der Waals surface area (Å²) in [4.78, 5) is 0. The van der Waals surface area contributed by atoms with Gasteiger partial charge in [-0.1, -0.05) is 31.1 Å². The van der Waals surface area contributed by atoms with E-state index in [4.69, 9.17) is 0 Å². The molecule has 0 spiro atoms. The van der Waals surface area contributed by atoms with Crippen LogP contribution in [0.4, 0.5) is 26.3 Å². The Balaban J connectivity index is 1.95. The Morgan fingerprint density at radius 1 is 1.04 bits per heavy atom. The van der Waals surface area contributed by atoms with E-state index in [1.165, 1.54) is 6.07 Å². The lowest BCUT2D eigenvalue weighted by Crippen LogP contribution is -2.18. The maximum Gasteiger partial charge on any atom is 0.573 e. The molecule has 0 aromatic heterocycles. The average Bonchev–Trinajstić information content (AvgIpc) is 2.61. The maximum absolute atomic E-state index is 15.0. The third-order valence-electron chi connectivity index (χ3n) is 4.72. The second kappa shape index (κ2) is 7.89. The van der Waals surface area contributed by atoms with Crippen LogP contribution in [0.2, 0.25) is 0 Å². The van der Waals surface area contributed by atoms with Gasteiger partial charge in [-0.15, -0.1) is 13.2 Å². The van der Waals surface area contributed by atoms with Gasteiger partial charge in [-0.2, -0.15) is 0 Å². The van der Waals surface area contributed by atoms with Gasteiger partial charge in [0.15, 0.2) is 11.6 Å². The molecular weight excluding hydrogens is 382 g/mol. The predicted octanol–water partition coefficient (Wildman–Crippen LogP) is 6.88. The Labute approximate surface area is 158 Å². The molecule has 1 nitrogen and oxygen atoms in total. The van der Waals surface area contributed by atoms with Crippen LogP contribution in [0.1, 0.15) is 37.3 Å². The van der Waals surface area contributed by atoms with Crippen LogP contribution in [0.25, 0.3) is 11.1 Å². The van der Waals surface area contributed by atoms with Gasteiger partial charge < -0.3 is 4.74 Å². The van der Waals surface area contributed by atoms with Crippen molar-refractivity contribution in [2.45, 2.75) is 45.4 Å². The summed E-state index contributed by atoms with van der Waals surface area (Å²) in [6.07, 6.45) is 0.492. The number of halogens is 6. The summed E-state index contributed by atoms with van der Waals surface area (Å²) in [6.45, 7) is 2.06. The number of alkyl halides is 3. The number of rotatable bonds is 5. The molecule has 1 aliphatic carbocycles. The summed E-state index contributed by atoms with van der Waals surface area (Å²) >= 11 is 0. The number of allylic oxidation sites excluding steroid dienone is 2. The van der Waals surface area contributed by atoms with Crippen molar-refractivity contribution < 1.29 is 31.1 Å². The lowest BCUT2D eigenvalue weighted by atomic mass is 9.86. The SMILES string of the molecule is CCCCC1=CCc2c(cc(F)c(-c3ccc(OC(F)(F)F)c(F)c3)c2F)C1. The molecule has 0 aliphatic heterocycles. The molecule has 7 heteroatoms. The van der Waals surface area contributed by atoms with Crippen LogP contribution in [0.15, 0.2) is 35.9 Å². The van der Waals surface area contributed by atoms with E-state index >= 15 is 0 Å². The van der Waals surface area contributed by atoms with Crippen LogP contribution in [-0.4, -0.2) is 6.36 Å². The Hall–Kier alpha value is -2.44. The van der Waals surface area contributed by atoms with Crippen LogP contribution in [0.5, 0.6) is 5.75 Å². The highest BCUT2D eigenvalue weighted by Gasteiger charge is 2.32. The fourth-order valence-electron chi connectivity index (χ4n) is 3.37. The summed E-state index contributed by atoms with van der Waals surface area (Å²) in [6, 6.07) is 3.58. The normalized spacial score (nSPS) is 13.9. The van der Waals surface area contributed by atoms with Crippen molar-refractivity contribution in [2.24, 2.45) is 0 Å². The first-order valence-corrected chi connectivity index (χ1v) is 8.93. The van der Waals surface area contributed by atoms with Crippen LogP contribution >= 0.6 is 0 Å². The minimum Gasteiger partial charge on any atom is -0.403 e. The van der Waals surface area contributed by atoms with E-state index in [-0.39, 0.29) is 5.56 Å². The van der Waals surface area contributed by atoms with E-state index in [0.29, 0.717) is 36.1 Å². The van der Waals surface area contributed by atoms with E-state index in [0.717, 1.165) is 30.9 Å². The van der Waals surface area contributed by atoms with Crippen molar-refractivity contribution in [3.8, 4) is 16.9 Å². The molecule has 0 radical (unpaired) electrons. The van der Waals surface area contributed by atoms with Gasteiger partial charge in [0.05, 0.1) is 5.56 Å². The summed E-state index contributed by atoms with van der Waals surface area (Å²) < 4.78 is 83.9. The zero-order chi connectivity index (χ0) is 20.5. The highest BCUT2D eigenvalue weighted by atomic mass is 19.4. The van der Waals surface area contributed by atoms with Gasteiger partial charge in [0.1, 0.15) is 11.6 Å². The molecule has 150 valence electrons. The molecule has 28 heavy (non-hydrogen) atoms. The molecule has 0 atom stereocenters. The fourth-order valence-corrected chi connectivity index (χ4v) is 3.37. The van der Waals surface area contributed by atoms with Crippen LogP contribution < -0.4 is 4.74 Å². The second-order valence-corrected chi connectivity index (χ2v) is 6.72.